The molecule has 0 aromatic rings. The molecule has 0 rings (SSSR count). The molecule has 0 heterocycles. The summed E-state index contributed by atoms with van der Waals surface area (Å²) in [4.78, 5) is 2.13. The molecular formula is CH6Cl2Sn. The van der Waals surface area contributed by atoms with Gasteiger partial charge in [-0.05, 0) is 0 Å². The summed E-state index contributed by atoms with van der Waals surface area (Å²) in [5, 5.41) is 0. The van der Waals surface area contributed by atoms with Crippen LogP contribution in [-0.2, 0) is 0 Å². The van der Waals surface area contributed by atoms with Gasteiger partial charge in [0.1, 0.15) is 0 Å². The van der Waals surface area contributed by atoms with Gasteiger partial charge in [0, 0.05) is 0 Å². The summed E-state index contributed by atoms with van der Waals surface area (Å²) in [7, 11) is 0. The van der Waals surface area contributed by atoms with Crippen molar-refractivity contribution in [2.45, 2.75) is 4.94 Å². The normalized spacial score (nSPS) is 1.50. The zero-order chi connectivity index (χ0) is 2.00. The van der Waals surface area contributed by atoms with Crippen LogP contribution in [-0.4, -0.2) is 22.5 Å². The molecule has 0 bridgehead atoms. The molecule has 0 nitrogen and oxygen atoms in total. The zero-order valence-electron chi connectivity index (χ0n) is 2.39. The molecule has 4 heavy (non-hydrogen) atoms. The van der Waals surface area contributed by atoms with Crippen LogP contribution in [0.2, 0.25) is 4.94 Å². The van der Waals surface area contributed by atoms with E-state index in [0.717, 1.165) is 0 Å². The molecule has 0 aromatic heterocycles. The second-order valence-corrected chi connectivity index (χ2v) is 0. The van der Waals surface area contributed by atoms with Gasteiger partial charge in [0.05, 0.1) is 0 Å². The Morgan fingerprint density at radius 3 is 1.00 bits per heavy atom. The first-order valence-corrected chi connectivity index (χ1v) is 3.87. The Morgan fingerprint density at radius 2 is 1.00 bits per heavy atom. The summed E-state index contributed by atoms with van der Waals surface area (Å²) in [5.41, 5.74) is 0. The summed E-state index contributed by atoms with van der Waals surface area (Å²) in [6, 6.07) is 0. The third-order valence-corrected chi connectivity index (χ3v) is 0. The van der Waals surface area contributed by atoms with Gasteiger partial charge in [-0.2, -0.15) is 0 Å². The molecule has 28 valence electrons. The Labute approximate surface area is 52.3 Å². The molecule has 2 radical (unpaired) electrons. The fraction of sp³-hybridized carbons (Fsp3) is 1.00. The maximum atomic E-state index is 2.13. The molecule has 0 N–H and O–H groups in total. The van der Waals surface area contributed by atoms with Crippen LogP contribution in [0.25, 0.3) is 0 Å². The van der Waals surface area contributed by atoms with Crippen molar-refractivity contribution in [3.05, 3.63) is 0 Å². The van der Waals surface area contributed by atoms with E-state index in [1.807, 2.05) is 0 Å². The average Bonchev–Trinajstić information content (AvgIpc) is 1.00. The minimum atomic E-state index is 0. The number of halogens is 2. The Morgan fingerprint density at radius 1 is 1.00 bits per heavy atom. The molecule has 0 saturated heterocycles. The zero-order valence-corrected chi connectivity index (χ0v) is 7.32. The van der Waals surface area contributed by atoms with Crippen LogP contribution >= 0.6 is 24.8 Å². The van der Waals surface area contributed by atoms with E-state index >= 15 is 0 Å². The molecule has 3 heteroatoms. The van der Waals surface area contributed by atoms with Gasteiger partial charge in [0.2, 0.25) is 0 Å². The quantitative estimate of drug-likeness (QED) is 0.515. The summed E-state index contributed by atoms with van der Waals surface area (Å²) in [6.45, 7) is 0. The van der Waals surface area contributed by atoms with E-state index in [1.54, 1.807) is 0 Å². The third-order valence-electron chi connectivity index (χ3n) is 0. The van der Waals surface area contributed by atoms with Gasteiger partial charge >= 0.3 is 27.5 Å². The summed E-state index contributed by atoms with van der Waals surface area (Å²) >= 11 is 1.35. The molecular weight excluding hydrogens is 202 g/mol. The Hall–Kier alpha value is 1.38. The van der Waals surface area contributed by atoms with Gasteiger partial charge in [-0.15, -0.1) is 24.8 Å². The fourth-order valence-corrected chi connectivity index (χ4v) is 0. The van der Waals surface area contributed by atoms with Crippen LogP contribution in [0.3, 0.4) is 0 Å². The van der Waals surface area contributed by atoms with Crippen molar-refractivity contribution in [1.29, 1.82) is 0 Å². The predicted molar refractivity (Wildman–Crippen MR) is 27.5 cm³/mol. The van der Waals surface area contributed by atoms with Crippen LogP contribution in [0.4, 0.5) is 0 Å². The van der Waals surface area contributed by atoms with E-state index in [4.69, 9.17) is 0 Å². The van der Waals surface area contributed by atoms with Crippen molar-refractivity contribution >= 4 is 47.3 Å². The van der Waals surface area contributed by atoms with Crippen molar-refractivity contribution in [3.63, 3.8) is 0 Å². The van der Waals surface area contributed by atoms with E-state index in [2.05, 4.69) is 4.94 Å². The fourth-order valence-electron chi connectivity index (χ4n) is 0. The first-order valence-electron chi connectivity index (χ1n) is 0.577. The minimum absolute atomic E-state index is 0. The van der Waals surface area contributed by atoms with Crippen molar-refractivity contribution in [1.82, 2.24) is 0 Å². The maximum absolute atomic E-state index is 2.13. The summed E-state index contributed by atoms with van der Waals surface area (Å²) in [5.74, 6) is 0. The molecule has 0 spiro atoms. The molecule has 0 fully saturated rings. The van der Waals surface area contributed by atoms with Crippen molar-refractivity contribution in [3.8, 4) is 0 Å². The number of hydrogen-bond acceptors (Lipinski definition) is 0. The second kappa shape index (κ2) is 26.3. The number of hydrogen-bond donors (Lipinski definition) is 0. The van der Waals surface area contributed by atoms with Crippen LogP contribution in [0.1, 0.15) is 0 Å². The van der Waals surface area contributed by atoms with E-state index in [1.165, 1.54) is 22.5 Å². The Kier molecular flexibility index (Phi) is 120. The summed E-state index contributed by atoms with van der Waals surface area (Å²) in [6.07, 6.45) is 0. The van der Waals surface area contributed by atoms with E-state index in [9.17, 15) is 0 Å². The molecule has 0 aromatic carbocycles. The van der Waals surface area contributed by atoms with Gasteiger partial charge in [0.15, 0.2) is 0 Å². The number of rotatable bonds is 0. The van der Waals surface area contributed by atoms with Crippen LogP contribution in [0.15, 0.2) is 0 Å². The van der Waals surface area contributed by atoms with Crippen LogP contribution < -0.4 is 0 Å². The molecule has 0 unspecified atom stereocenters. The third kappa shape index (κ3) is 10.1. The molecule has 0 aliphatic rings. The molecule has 0 saturated carbocycles. The SMILES string of the molecule is Cl.Cl.[CH3][SnH]. The van der Waals surface area contributed by atoms with E-state index in [0.29, 0.717) is 0 Å². The summed E-state index contributed by atoms with van der Waals surface area (Å²) < 4.78 is 0. The monoisotopic (exact) mass is 208 g/mol. The van der Waals surface area contributed by atoms with Gasteiger partial charge < -0.3 is 0 Å². The molecule has 0 atom stereocenters. The van der Waals surface area contributed by atoms with Gasteiger partial charge in [-0.25, -0.2) is 0 Å². The standard InChI is InChI=1S/CH3.2ClH.Sn.H/h1H3;2*1H;;. The second-order valence-electron chi connectivity index (χ2n) is 0. The first kappa shape index (κ1) is 18.2. The van der Waals surface area contributed by atoms with Gasteiger partial charge in [0.25, 0.3) is 0 Å². The van der Waals surface area contributed by atoms with Crippen molar-refractivity contribution in [2.75, 3.05) is 0 Å². The first-order chi connectivity index (χ1) is 1.00. The van der Waals surface area contributed by atoms with Crippen molar-refractivity contribution in [2.24, 2.45) is 0 Å². The van der Waals surface area contributed by atoms with Crippen molar-refractivity contribution < 1.29 is 0 Å². The Balaban J connectivity index is -0.00000000500. The topological polar surface area (TPSA) is 0 Å². The Bertz CT molecular complexity index is 6.00. The molecule has 0 aliphatic heterocycles. The predicted octanol–water partition coefficient (Wildman–Crippen LogP) is 0.779. The molecule has 0 aliphatic carbocycles. The van der Waals surface area contributed by atoms with Crippen LogP contribution in [0, 0.1) is 0 Å². The van der Waals surface area contributed by atoms with E-state index < -0.39 is 0 Å². The average molecular weight is 208 g/mol. The van der Waals surface area contributed by atoms with Gasteiger partial charge in [-0.1, -0.05) is 0 Å². The van der Waals surface area contributed by atoms with Crippen LogP contribution in [0.5, 0.6) is 0 Å². The molecule has 0 amide bonds. The van der Waals surface area contributed by atoms with E-state index in [-0.39, 0.29) is 24.8 Å². The van der Waals surface area contributed by atoms with Gasteiger partial charge in [-0.3, -0.25) is 0 Å².